The highest BCUT2D eigenvalue weighted by atomic mass is 14.9. The third-order valence-electron chi connectivity index (χ3n) is 2.77. The van der Waals surface area contributed by atoms with Crippen LogP contribution in [0, 0.1) is 0 Å². The molecule has 2 heteroatoms. The van der Waals surface area contributed by atoms with Crippen LogP contribution in [-0.2, 0) is 6.42 Å². The lowest BCUT2D eigenvalue weighted by Crippen LogP contribution is -1.93. The number of hydrogen-bond donors (Lipinski definition) is 1. The minimum absolute atomic E-state index is 0.938. The number of anilines is 1. The summed E-state index contributed by atoms with van der Waals surface area (Å²) < 4.78 is 0. The average molecular weight is 238 g/mol. The van der Waals surface area contributed by atoms with Crippen LogP contribution in [0.3, 0.4) is 0 Å². The van der Waals surface area contributed by atoms with Gasteiger partial charge in [-0.05, 0) is 37.1 Å². The van der Waals surface area contributed by atoms with E-state index >= 15 is 0 Å². The van der Waals surface area contributed by atoms with E-state index in [2.05, 4.69) is 48.1 Å². The highest BCUT2D eigenvalue weighted by Gasteiger charge is 1.99. The number of benzene rings is 1. The minimum atomic E-state index is 0.938. The molecule has 0 unspecified atom stereocenters. The fourth-order valence-electron chi connectivity index (χ4n) is 1.78. The van der Waals surface area contributed by atoms with Gasteiger partial charge in [0.15, 0.2) is 0 Å². The number of nitrogens with one attached hydrogen (secondary N) is 1. The Morgan fingerprint density at radius 1 is 1.17 bits per heavy atom. The van der Waals surface area contributed by atoms with E-state index in [4.69, 9.17) is 0 Å². The molecule has 0 saturated carbocycles. The first-order valence-corrected chi connectivity index (χ1v) is 6.17. The van der Waals surface area contributed by atoms with Crippen molar-refractivity contribution < 1.29 is 0 Å². The summed E-state index contributed by atoms with van der Waals surface area (Å²) in [5.41, 5.74) is 5.39. The molecule has 2 aromatic rings. The maximum Gasteiger partial charge on any atom is 0.0702 e. The Morgan fingerprint density at radius 2 is 1.89 bits per heavy atom. The largest absolute Gasteiger partial charge is 0.360 e. The first-order valence-electron chi connectivity index (χ1n) is 6.17. The smallest absolute Gasteiger partial charge is 0.0702 e. The number of aryl methyl sites for hydroxylation is 1. The van der Waals surface area contributed by atoms with Gasteiger partial charge in [0.05, 0.1) is 5.69 Å². The van der Waals surface area contributed by atoms with Crippen molar-refractivity contribution in [2.45, 2.75) is 20.3 Å². The molecule has 18 heavy (non-hydrogen) atoms. The van der Waals surface area contributed by atoms with Crippen LogP contribution in [-0.4, -0.2) is 4.98 Å². The maximum atomic E-state index is 4.47. The third kappa shape index (κ3) is 2.98. The number of rotatable bonds is 4. The molecular weight excluding hydrogens is 220 g/mol. The Balaban J connectivity index is 2.20. The lowest BCUT2D eigenvalue weighted by molar-refractivity contribution is 1.11. The SMILES string of the molecule is C=C(C)Nc1ccc(-c2ccc(CC)cn2)cc1. The van der Waals surface area contributed by atoms with E-state index in [1.54, 1.807) is 0 Å². The van der Waals surface area contributed by atoms with Crippen molar-refractivity contribution in [2.24, 2.45) is 0 Å². The number of hydrogen-bond acceptors (Lipinski definition) is 2. The van der Waals surface area contributed by atoms with Crippen LogP contribution in [0.5, 0.6) is 0 Å². The fraction of sp³-hybridized carbons (Fsp3) is 0.188. The van der Waals surface area contributed by atoms with Crippen LogP contribution in [0.25, 0.3) is 11.3 Å². The molecule has 2 nitrogen and oxygen atoms in total. The molecule has 0 radical (unpaired) electrons. The van der Waals surface area contributed by atoms with Crippen molar-refractivity contribution in [3.05, 3.63) is 60.4 Å². The molecule has 0 aliphatic heterocycles. The zero-order chi connectivity index (χ0) is 13.0. The van der Waals surface area contributed by atoms with Gasteiger partial charge in [-0.3, -0.25) is 4.98 Å². The second kappa shape index (κ2) is 5.50. The van der Waals surface area contributed by atoms with Crippen molar-refractivity contribution in [1.82, 2.24) is 4.98 Å². The van der Waals surface area contributed by atoms with Gasteiger partial charge in [-0.15, -0.1) is 0 Å². The molecule has 1 aromatic carbocycles. The summed E-state index contributed by atoms with van der Waals surface area (Å²) >= 11 is 0. The average Bonchev–Trinajstić information content (AvgIpc) is 2.39. The molecule has 0 fully saturated rings. The number of nitrogens with zero attached hydrogens (tertiary/aromatic N) is 1. The molecule has 0 amide bonds. The third-order valence-corrected chi connectivity index (χ3v) is 2.77. The second-order valence-electron chi connectivity index (χ2n) is 4.39. The minimum Gasteiger partial charge on any atom is -0.360 e. The normalized spacial score (nSPS) is 10.1. The van der Waals surface area contributed by atoms with Gasteiger partial charge in [0.25, 0.3) is 0 Å². The van der Waals surface area contributed by atoms with Gasteiger partial charge in [0, 0.05) is 23.1 Å². The number of allylic oxidation sites excluding steroid dienone is 1. The van der Waals surface area contributed by atoms with Crippen LogP contribution in [0.2, 0.25) is 0 Å². The van der Waals surface area contributed by atoms with Gasteiger partial charge in [-0.1, -0.05) is 31.7 Å². The zero-order valence-corrected chi connectivity index (χ0v) is 10.9. The lowest BCUT2D eigenvalue weighted by atomic mass is 10.1. The Kier molecular flexibility index (Phi) is 3.78. The summed E-state index contributed by atoms with van der Waals surface area (Å²) in [5.74, 6) is 0. The van der Waals surface area contributed by atoms with Gasteiger partial charge in [0.1, 0.15) is 0 Å². The highest BCUT2D eigenvalue weighted by Crippen LogP contribution is 2.20. The highest BCUT2D eigenvalue weighted by molar-refractivity contribution is 5.63. The van der Waals surface area contributed by atoms with Gasteiger partial charge >= 0.3 is 0 Å². The fourth-order valence-corrected chi connectivity index (χ4v) is 1.78. The van der Waals surface area contributed by atoms with Crippen molar-refractivity contribution in [3.8, 4) is 11.3 Å². The second-order valence-corrected chi connectivity index (χ2v) is 4.39. The molecule has 0 aliphatic carbocycles. The van der Waals surface area contributed by atoms with E-state index in [9.17, 15) is 0 Å². The first kappa shape index (κ1) is 12.4. The summed E-state index contributed by atoms with van der Waals surface area (Å²) in [5, 5.41) is 3.19. The molecule has 1 N–H and O–H groups in total. The quantitative estimate of drug-likeness (QED) is 0.861. The maximum absolute atomic E-state index is 4.47. The van der Waals surface area contributed by atoms with Gasteiger partial charge in [-0.2, -0.15) is 0 Å². The number of aromatic nitrogens is 1. The van der Waals surface area contributed by atoms with E-state index in [-0.39, 0.29) is 0 Å². The first-order chi connectivity index (χ1) is 8.69. The van der Waals surface area contributed by atoms with Crippen LogP contribution < -0.4 is 5.32 Å². The van der Waals surface area contributed by atoms with Crippen LogP contribution in [0.1, 0.15) is 19.4 Å². The van der Waals surface area contributed by atoms with Gasteiger partial charge in [-0.25, -0.2) is 0 Å². The standard InChI is InChI=1S/C16H18N2/c1-4-13-5-10-16(17-11-13)14-6-8-15(9-7-14)18-12(2)3/h5-11,18H,2,4H2,1,3H3. The van der Waals surface area contributed by atoms with E-state index < -0.39 is 0 Å². The Labute approximate surface area is 108 Å². The number of pyridine rings is 1. The van der Waals surface area contributed by atoms with E-state index in [0.29, 0.717) is 0 Å². The molecule has 0 aliphatic rings. The molecular formula is C16H18N2. The van der Waals surface area contributed by atoms with Crippen LogP contribution in [0.4, 0.5) is 5.69 Å². The van der Waals surface area contributed by atoms with Crippen molar-refractivity contribution in [3.63, 3.8) is 0 Å². The van der Waals surface area contributed by atoms with Crippen LogP contribution in [0.15, 0.2) is 54.9 Å². The summed E-state index contributed by atoms with van der Waals surface area (Å²) in [6, 6.07) is 12.4. The molecule has 1 heterocycles. The topological polar surface area (TPSA) is 24.9 Å². The van der Waals surface area contributed by atoms with Crippen molar-refractivity contribution >= 4 is 5.69 Å². The summed E-state index contributed by atoms with van der Waals surface area (Å²) in [4.78, 5) is 4.47. The molecule has 2 rings (SSSR count). The molecule has 1 aromatic heterocycles. The summed E-state index contributed by atoms with van der Waals surface area (Å²) in [6.45, 7) is 7.90. The molecule has 92 valence electrons. The Hall–Kier alpha value is -2.09. The molecule has 0 saturated heterocycles. The predicted octanol–water partition coefficient (Wildman–Crippen LogP) is 4.26. The van der Waals surface area contributed by atoms with E-state index in [0.717, 1.165) is 29.1 Å². The Morgan fingerprint density at radius 3 is 2.39 bits per heavy atom. The summed E-state index contributed by atoms with van der Waals surface area (Å²) in [7, 11) is 0. The lowest BCUT2D eigenvalue weighted by Gasteiger charge is -2.06. The molecule has 0 spiro atoms. The zero-order valence-electron chi connectivity index (χ0n) is 10.9. The monoisotopic (exact) mass is 238 g/mol. The Bertz CT molecular complexity index is 524. The predicted molar refractivity (Wildman–Crippen MR) is 77.5 cm³/mol. The van der Waals surface area contributed by atoms with E-state index in [1.807, 2.05) is 25.3 Å². The van der Waals surface area contributed by atoms with Gasteiger partial charge in [0.2, 0.25) is 0 Å². The van der Waals surface area contributed by atoms with E-state index in [1.165, 1.54) is 5.56 Å². The van der Waals surface area contributed by atoms with Crippen molar-refractivity contribution in [1.29, 1.82) is 0 Å². The summed E-state index contributed by atoms with van der Waals surface area (Å²) in [6.07, 6.45) is 2.96. The molecule has 0 bridgehead atoms. The van der Waals surface area contributed by atoms with Crippen molar-refractivity contribution in [2.75, 3.05) is 5.32 Å². The van der Waals surface area contributed by atoms with Crippen LogP contribution >= 0.6 is 0 Å². The van der Waals surface area contributed by atoms with Gasteiger partial charge < -0.3 is 5.32 Å². The molecule has 0 atom stereocenters.